The van der Waals surface area contributed by atoms with Crippen molar-refractivity contribution in [3.05, 3.63) is 11.6 Å². The van der Waals surface area contributed by atoms with Gasteiger partial charge in [0.05, 0.1) is 5.41 Å². The van der Waals surface area contributed by atoms with Crippen LogP contribution in [0.2, 0.25) is 19.6 Å². The average molecular weight is 521 g/mol. The molecule has 8 heteroatoms. The molecule has 36 heavy (non-hydrogen) atoms. The molecule has 3 saturated carbocycles. The SMILES string of the molecule is CC(=O)O[C@H]1CC[C@@]2(C)[C@@H](CC[C@H]3C4=C[C@H](O)[C@](O[Si](C)(C)C)(C(C)=O)[C@@]4(C)[C@H](OC(C)=O)C[C@@H]32)C1. The van der Waals surface area contributed by atoms with Crippen LogP contribution in [0.4, 0.5) is 0 Å². The van der Waals surface area contributed by atoms with Crippen LogP contribution in [0, 0.1) is 28.6 Å². The number of rotatable bonds is 5. The van der Waals surface area contributed by atoms with Gasteiger partial charge in [-0.05, 0) is 95.2 Å². The summed E-state index contributed by atoms with van der Waals surface area (Å²) in [6.45, 7) is 14.8. The zero-order valence-electron chi connectivity index (χ0n) is 23.2. The first kappa shape index (κ1) is 27.5. The number of hydrogen-bond acceptors (Lipinski definition) is 7. The van der Waals surface area contributed by atoms with Gasteiger partial charge in [-0.15, -0.1) is 0 Å². The second-order valence-corrected chi connectivity index (χ2v) is 17.5. The predicted molar refractivity (Wildman–Crippen MR) is 137 cm³/mol. The maximum atomic E-state index is 13.4. The Morgan fingerprint density at radius 1 is 0.972 bits per heavy atom. The molecule has 0 spiro atoms. The van der Waals surface area contributed by atoms with Gasteiger partial charge in [-0.25, -0.2) is 0 Å². The minimum atomic E-state index is -2.30. The molecule has 0 amide bonds. The van der Waals surface area contributed by atoms with Crippen molar-refractivity contribution in [3.63, 3.8) is 0 Å². The summed E-state index contributed by atoms with van der Waals surface area (Å²) in [5.41, 5.74) is -1.40. The van der Waals surface area contributed by atoms with Crippen LogP contribution < -0.4 is 0 Å². The highest BCUT2D eigenvalue weighted by Crippen LogP contribution is 2.68. The number of ketones is 1. The fourth-order valence-electron chi connectivity index (χ4n) is 8.55. The number of esters is 2. The largest absolute Gasteiger partial charge is 0.463 e. The number of aliphatic hydroxyl groups excluding tert-OH is 1. The third-order valence-electron chi connectivity index (χ3n) is 9.91. The molecule has 9 atom stereocenters. The minimum Gasteiger partial charge on any atom is -0.463 e. The van der Waals surface area contributed by atoms with Gasteiger partial charge in [0.2, 0.25) is 0 Å². The van der Waals surface area contributed by atoms with E-state index in [-0.39, 0.29) is 41.1 Å². The van der Waals surface area contributed by atoms with Crippen LogP contribution in [-0.2, 0) is 28.3 Å². The molecule has 1 N–H and O–H groups in total. The molecular formula is C28H44O7Si. The third-order valence-corrected chi connectivity index (χ3v) is 10.8. The standard InChI is InChI=1S/C28H44O7Si/c1-16(29)28(35-36(6,7)8)24(32)14-23-21-10-9-19-13-20(33-17(2)30)11-12-26(19,4)22(21)15-25(27(23,28)5)34-18(3)31/h14,19-22,24-25,32H,9-13,15H2,1-8H3/t19-,20-,21+,22-,24-,25+,26-,27+,28+/m0/s1. The molecule has 202 valence electrons. The summed E-state index contributed by atoms with van der Waals surface area (Å²) in [7, 11) is -2.30. The van der Waals surface area contributed by atoms with E-state index >= 15 is 0 Å². The van der Waals surface area contributed by atoms with E-state index in [0.29, 0.717) is 12.3 Å². The Bertz CT molecular complexity index is 969. The van der Waals surface area contributed by atoms with Crippen LogP contribution in [0.15, 0.2) is 11.6 Å². The highest BCUT2D eigenvalue weighted by atomic mass is 28.4. The zero-order chi connectivity index (χ0) is 26.8. The van der Waals surface area contributed by atoms with Crippen LogP contribution in [0.1, 0.15) is 73.1 Å². The summed E-state index contributed by atoms with van der Waals surface area (Å²) >= 11 is 0. The van der Waals surface area contributed by atoms with Gasteiger partial charge < -0.3 is 19.0 Å². The van der Waals surface area contributed by atoms with Crippen LogP contribution in [0.5, 0.6) is 0 Å². The first-order valence-electron chi connectivity index (χ1n) is 13.5. The second-order valence-electron chi connectivity index (χ2n) is 13.1. The fourth-order valence-corrected chi connectivity index (χ4v) is 9.99. The Morgan fingerprint density at radius 3 is 2.17 bits per heavy atom. The second kappa shape index (κ2) is 9.05. The van der Waals surface area contributed by atoms with Crippen LogP contribution in [-0.4, -0.2) is 55.1 Å². The molecule has 0 unspecified atom stereocenters. The van der Waals surface area contributed by atoms with Crippen molar-refractivity contribution in [2.75, 3.05) is 0 Å². The first-order chi connectivity index (χ1) is 16.6. The lowest BCUT2D eigenvalue weighted by Gasteiger charge is -2.62. The number of fused-ring (bicyclic) bond motifs is 5. The average Bonchev–Trinajstić information content (AvgIpc) is 2.96. The molecule has 3 fully saturated rings. The van der Waals surface area contributed by atoms with Crippen molar-refractivity contribution in [2.24, 2.45) is 28.6 Å². The predicted octanol–water partition coefficient (Wildman–Crippen LogP) is 4.57. The Hall–Kier alpha value is -1.51. The molecule has 0 heterocycles. The van der Waals surface area contributed by atoms with Gasteiger partial charge in [-0.3, -0.25) is 14.4 Å². The molecule has 0 bridgehead atoms. The Morgan fingerprint density at radius 2 is 1.61 bits per heavy atom. The van der Waals surface area contributed by atoms with Gasteiger partial charge in [-0.2, -0.15) is 0 Å². The highest BCUT2D eigenvalue weighted by Gasteiger charge is 2.72. The molecular weight excluding hydrogens is 476 g/mol. The summed E-state index contributed by atoms with van der Waals surface area (Å²) in [6, 6.07) is 0. The lowest BCUT2D eigenvalue weighted by molar-refractivity contribution is -0.197. The maximum Gasteiger partial charge on any atom is 0.302 e. The Labute approximate surface area is 216 Å². The minimum absolute atomic E-state index is 0.00774. The summed E-state index contributed by atoms with van der Waals surface area (Å²) in [5.74, 6) is -0.0179. The summed E-state index contributed by atoms with van der Waals surface area (Å²) in [4.78, 5) is 37.4. The molecule has 4 rings (SSSR count). The van der Waals surface area contributed by atoms with E-state index in [2.05, 4.69) is 6.92 Å². The van der Waals surface area contributed by atoms with E-state index in [0.717, 1.165) is 37.7 Å². The number of Topliss-reactive ketones (excluding diaryl/α,β-unsaturated/α-hetero) is 1. The van der Waals surface area contributed by atoms with Crippen molar-refractivity contribution < 1.29 is 33.4 Å². The van der Waals surface area contributed by atoms with Gasteiger partial charge in [0.25, 0.3) is 0 Å². The zero-order valence-corrected chi connectivity index (χ0v) is 24.2. The van der Waals surface area contributed by atoms with E-state index in [1.54, 1.807) is 0 Å². The highest BCUT2D eigenvalue weighted by molar-refractivity contribution is 6.70. The smallest absolute Gasteiger partial charge is 0.302 e. The van der Waals surface area contributed by atoms with Crippen molar-refractivity contribution >= 4 is 26.0 Å². The van der Waals surface area contributed by atoms with E-state index in [1.165, 1.54) is 20.8 Å². The van der Waals surface area contributed by atoms with E-state index < -0.39 is 31.5 Å². The van der Waals surface area contributed by atoms with Gasteiger partial charge in [-0.1, -0.05) is 18.6 Å². The quantitative estimate of drug-likeness (QED) is 0.322. The molecule has 0 aromatic rings. The summed E-state index contributed by atoms with van der Waals surface area (Å²) in [6.07, 6.45) is 5.31. The van der Waals surface area contributed by atoms with Gasteiger partial charge >= 0.3 is 11.9 Å². The molecule has 0 aromatic carbocycles. The normalized spacial score (nSPS) is 44.0. The lowest BCUT2D eigenvalue weighted by Crippen LogP contribution is -2.68. The monoisotopic (exact) mass is 520 g/mol. The fraction of sp³-hybridized carbons (Fsp3) is 0.821. The molecule has 0 saturated heterocycles. The van der Waals surface area contributed by atoms with Crippen molar-refractivity contribution in [1.29, 1.82) is 0 Å². The van der Waals surface area contributed by atoms with Gasteiger partial charge in [0.15, 0.2) is 19.7 Å². The molecule has 4 aliphatic carbocycles. The number of ether oxygens (including phenoxy) is 2. The molecule has 0 radical (unpaired) electrons. The summed E-state index contributed by atoms with van der Waals surface area (Å²) < 4.78 is 18.3. The summed E-state index contributed by atoms with van der Waals surface area (Å²) in [5, 5.41) is 11.5. The molecule has 0 aliphatic heterocycles. The van der Waals surface area contributed by atoms with E-state index in [9.17, 15) is 19.5 Å². The number of carbonyl (C=O) groups excluding carboxylic acids is 3. The molecule has 7 nitrogen and oxygen atoms in total. The first-order valence-corrected chi connectivity index (χ1v) is 16.9. The van der Waals surface area contributed by atoms with E-state index in [1.807, 2.05) is 32.6 Å². The van der Waals surface area contributed by atoms with Crippen LogP contribution in [0.25, 0.3) is 0 Å². The Kier molecular flexibility index (Phi) is 6.92. The maximum absolute atomic E-state index is 13.4. The van der Waals surface area contributed by atoms with Crippen molar-refractivity contribution in [2.45, 2.75) is 117 Å². The number of hydrogen-bond donors (Lipinski definition) is 1. The topological polar surface area (TPSA) is 99.1 Å². The lowest BCUT2D eigenvalue weighted by atomic mass is 9.44. The molecule has 4 aliphatic rings. The van der Waals surface area contributed by atoms with Gasteiger partial charge in [0.1, 0.15) is 18.3 Å². The van der Waals surface area contributed by atoms with Crippen LogP contribution in [0.3, 0.4) is 0 Å². The van der Waals surface area contributed by atoms with Crippen molar-refractivity contribution in [1.82, 2.24) is 0 Å². The Balaban J connectivity index is 1.77. The van der Waals surface area contributed by atoms with Crippen LogP contribution >= 0.6 is 0 Å². The number of aliphatic hydroxyl groups is 1. The van der Waals surface area contributed by atoms with Crippen molar-refractivity contribution in [3.8, 4) is 0 Å². The molecule has 0 aromatic heterocycles. The third kappa shape index (κ3) is 4.11. The number of carbonyl (C=O) groups is 3. The van der Waals surface area contributed by atoms with Gasteiger partial charge in [0, 0.05) is 13.8 Å². The van der Waals surface area contributed by atoms with E-state index in [4.69, 9.17) is 13.9 Å².